The summed E-state index contributed by atoms with van der Waals surface area (Å²) in [4.78, 5) is 17.1. The lowest BCUT2D eigenvalue weighted by molar-refractivity contribution is -0.0498. The molecule has 10 heteroatoms. The van der Waals surface area contributed by atoms with Gasteiger partial charge < -0.3 is 9.47 Å². The summed E-state index contributed by atoms with van der Waals surface area (Å²) in [5, 5.41) is 2.52. The van der Waals surface area contributed by atoms with Gasteiger partial charge >= 0.3 is 6.61 Å². The van der Waals surface area contributed by atoms with Crippen molar-refractivity contribution in [1.29, 1.82) is 0 Å². The summed E-state index contributed by atoms with van der Waals surface area (Å²) >= 11 is 0. The van der Waals surface area contributed by atoms with Gasteiger partial charge in [-0.05, 0) is 24.3 Å². The number of benzene rings is 3. The molecule has 1 N–H and O–H groups in total. The third-order valence-corrected chi connectivity index (χ3v) is 4.81. The molecule has 0 aliphatic heterocycles. The summed E-state index contributed by atoms with van der Waals surface area (Å²) in [5.41, 5.74) is 0.630. The van der Waals surface area contributed by atoms with Crippen LogP contribution in [0.2, 0.25) is 0 Å². The Hall–Kier alpha value is -4.34. The summed E-state index contributed by atoms with van der Waals surface area (Å²) in [5.74, 6) is -2.83. The zero-order valence-corrected chi connectivity index (χ0v) is 17.6. The molecule has 1 heterocycles. The number of amides is 1. The number of hydrogen-bond donors (Lipinski definition) is 1. The van der Waals surface area contributed by atoms with Crippen molar-refractivity contribution in [3.8, 4) is 28.4 Å². The Morgan fingerprint density at radius 2 is 1.62 bits per heavy atom. The first-order chi connectivity index (χ1) is 16.4. The third kappa shape index (κ3) is 4.85. The average molecular weight is 471 g/mol. The number of aromatic nitrogens is 2. The van der Waals surface area contributed by atoms with Crippen LogP contribution in [-0.2, 0) is 0 Å². The minimum absolute atomic E-state index is 0.0150. The maximum absolute atomic E-state index is 14.8. The smallest absolute Gasteiger partial charge is 0.387 e. The van der Waals surface area contributed by atoms with Gasteiger partial charge in [-0.25, -0.2) is 13.8 Å². The van der Waals surface area contributed by atoms with E-state index in [0.717, 1.165) is 16.7 Å². The number of halogens is 4. The van der Waals surface area contributed by atoms with Crippen LogP contribution < -0.4 is 14.8 Å². The molecule has 0 aliphatic carbocycles. The number of ether oxygens (including phenoxy) is 2. The molecule has 0 unspecified atom stereocenters. The van der Waals surface area contributed by atoms with E-state index in [1.807, 2.05) is 0 Å². The number of carbonyl (C=O) groups excluding carboxylic acids is 1. The number of anilines is 1. The van der Waals surface area contributed by atoms with Crippen LogP contribution in [0.15, 0.2) is 72.9 Å². The van der Waals surface area contributed by atoms with Crippen LogP contribution in [0.4, 0.5) is 23.5 Å². The second-order valence-electron chi connectivity index (χ2n) is 6.98. The molecule has 0 saturated heterocycles. The minimum Gasteiger partial charge on any atom is -0.497 e. The zero-order chi connectivity index (χ0) is 24.2. The second kappa shape index (κ2) is 9.65. The van der Waals surface area contributed by atoms with Gasteiger partial charge in [-0.3, -0.25) is 14.7 Å². The normalized spacial score (nSPS) is 10.9. The van der Waals surface area contributed by atoms with Gasteiger partial charge in [0.15, 0.2) is 11.6 Å². The fraction of sp³-hybridized carbons (Fsp3) is 0.0833. The van der Waals surface area contributed by atoms with Gasteiger partial charge in [0.2, 0.25) is 5.95 Å². The molecule has 0 atom stereocenters. The fourth-order valence-corrected chi connectivity index (χ4v) is 3.24. The van der Waals surface area contributed by atoms with Crippen molar-refractivity contribution in [2.75, 3.05) is 12.4 Å². The summed E-state index contributed by atoms with van der Waals surface area (Å²) in [6.45, 7) is -3.00. The Kier molecular flexibility index (Phi) is 6.48. The number of carbonyl (C=O) groups is 1. The first-order valence-electron chi connectivity index (χ1n) is 9.90. The number of nitrogens with zero attached hydrogens (tertiary/aromatic N) is 2. The summed E-state index contributed by atoms with van der Waals surface area (Å²) < 4.78 is 64.6. The Labute approximate surface area is 191 Å². The Bertz CT molecular complexity index is 1290. The van der Waals surface area contributed by atoms with Crippen molar-refractivity contribution < 1.29 is 31.8 Å². The minimum atomic E-state index is -3.00. The van der Waals surface area contributed by atoms with E-state index in [2.05, 4.69) is 15.0 Å². The van der Waals surface area contributed by atoms with Gasteiger partial charge in [-0.2, -0.15) is 8.78 Å². The second-order valence-corrected chi connectivity index (χ2v) is 6.98. The first-order valence-corrected chi connectivity index (χ1v) is 9.90. The summed E-state index contributed by atoms with van der Waals surface area (Å²) in [6, 6.07) is 15.8. The molecule has 34 heavy (non-hydrogen) atoms. The van der Waals surface area contributed by atoms with Crippen molar-refractivity contribution in [3.05, 3.63) is 90.1 Å². The van der Waals surface area contributed by atoms with Crippen molar-refractivity contribution in [2.45, 2.75) is 6.61 Å². The van der Waals surface area contributed by atoms with Crippen LogP contribution in [0.5, 0.6) is 11.5 Å². The van der Waals surface area contributed by atoms with Gasteiger partial charge in [0.05, 0.1) is 12.8 Å². The number of rotatable bonds is 7. The van der Waals surface area contributed by atoms with Gasteiger partial charge in [-0.15, -0.1) is 0 Å². The lowest BCUT2D eigenvalue weighted by Crippen LogP contribution is -2.16. The quantitative estimate of drug-likeness (QED) is 0.352. The highest BCUT2D eigenvalue weighted by atomic mass is 19.3. The van der Waals surface area contributed by atoms with E-state index in [1.54, 1.807) is 30.3 Å². The summed E-state index contributed by atoms with van der Waals surface area (Å²) in [7, 11) is 1.28. The van der Waals surface area contributed by atoms with E-state index in [0.29, 0.717) is 11.3 Å². The molecule has 0 aliphatic rings. The number of methoxy groups -OCH3 is 1. The number of nitrogens with one attached hydrogen (secondary N) is 1. The molecule has 174 valence electrons. The molecule has 0 saturated carbocycles. The molecule has 4 aromatic rings. The predicted octanol–water partition coefficient (Wildman–Crippen LogP) is 5.68. The van der Waals surface area contributed by atoms with Gasteiger partial charge in [0, 0.05) is 29.5 Å². The molecule has 0 fully saturated rings. The standard InChI is InChI=1S/C24H17F4N3O3/c1-33-17-11-18(25)21(19(26)12-17)31-13-20(14-5-3-2-4-6-14)29-24(31)30-22(32)15-7-9-16(10-8-15)34-23(27)28/h2-13,23H,1H3,(H,29,30,32). The van der Waals surface area contributed by atoms with Crippen LogP contribution in [-0.4, -0.2) is 29.2 Å². The van der Waals surface area contributed by atoms with E-state index < -0.39 is 29.8 Å². The molecule has 0 bridgehead atoms. The van der Waals surface area contributed by atoms with E-state index in [-0.39, 0.29) is 23.0 Å². The molecule has 4 rings (SSSR count). The molecular formula is C24H17F4N3O3. The van der Waals surface area contributed by atoms with Crippen LogP contribution in [0.1, 0.15) is 10.4 Å². The molecule has 3 aromatic carbocycles. The van der Waals surface area contributed by atoms with Crippen LogP contribution in [0.25, 0.3) is 16.9 Å². The Morgan fingerprint density at radius 3 is 2.21 bits per heavy atom. The van der Waals surface area contributed by atoms with Crippen molar-refractivity contribution >= 4 is 11.9 Å². The Morgan fingerprint density at radius 1 is 0.971 bits per heavy atom. The highest BCUT2D eigenvalue weighted by molar-refractivity contribution is 6.03. The Balaban J connectivity index is 1.73. The van der Waals surface area contributed by atoms with Gasteiger partial charge in [0.1, 0.15) is 17.2 Å². The maximum Gasteiger partial charge on any atom is 0.387 e. The fourth-order valence-electron chi connectivity index (χ4n) is 3.24. The van der Waals surface area contributed by atoms with E-state index in [1.165, 1.54) is 37.6 Å². The topological polar surface area (TPSA) is 65.4 Å². The third-order valence-electron chi connectivity index (χ3n) is 4.81. The van der Waals surface area contributed by atoms with Crippen LogP contribution in [0, 0.1) is 11.6 Å². The lowest BCUT2D eigenvalue weighted by atomic mass is 10.2. The largest absolute Gasteiger partial charge is 0.497 e. The lowest BCUT2D eigenvalue weighted by Gasteiger charge is -2.12. The number of hydrogen-bond acceptors (Lipinski definition) is 4. The number of imidazole rings is 1. The average Bonchev–Trinajstić information content (AvgIpc) is 3.22. The molecule has 0 radical (unpaired) electrons. The van der Waals surface area contributed by atoms with Crippen molar-refractivity contribution in [1.82, 2.24) is 9.55 Å². The molecule has 6 nitrogen and oxygen atoms in total. The molecular weight excluding hydrogens is 454 g/mol. The van der Waals surface area contributed by atoms with Gasteiger partial charge in [-0.1, -0.05) is 30.3 Å². The van der Waals surface area contributed by atoms with E-state index >= 15 is 0 Å². The van der Waals surface area contributed by atoms with E-state index in [9.17, 15) is 22.4 Å². The van der Waals surface area contributed by atoms with Crippen molar-refractivity contribution in [3.63, 3.8) is 0 Å². The SMILES string of the molecule is COc1cc(F)c(-n2cc(-c3ccccc3)nc2NC(=O)c2ccc(OC(F)F)cc2)c(F)c1. The molecule has 0 spiro atoms. The zero-order valence-electron chi connectivity index (χ0n) is 17.6. The van der Waals surface area contributed by atoms with E-state index in [4.69, 9.17) is 4.74 Å². The number of alkyl halides is 2. The van der Waals surface area contributed by atoms with Gasteiger partial charge in [0.25, 0.3) is 5.91 Å². The first kappa shape index (κ1) is 22.8. The van der Waals surface area contributed by atoms with Crippen LogP contribution >= 0.6 is 0 Å². The molecule has 1 aromatic heterocycles. The maximum atomic E-state index is 14.8. The monoisotopic (exact) mass is 471 g/mol. The highest BCUT2D eigenvalue weighted by Crippen LogP contribution is 2.30. The summed E-state index contributed by atoms with van der Waals surface area (Å²) in [6.07, 6.45) is 1.39. The van der Waals surface area contributed by atoms with Crippen LogP contribution in [0.3, 0.4) is 0 Å². The highest BCUT2D eigenvalue weighted by Gasteiger charge is 2.21. The molecule has 1 amide bonds. The van der Waals surface area contributed by atoms with Crippen molar-refractivity contribution in [2.24, 2.45) is 0 Å². The predicted molar refractivity (Wildman–Crippen MR) is 116 cm³/mol.